The maximum Gasteiger partial charge on any atom is 0.263 e. The molecule has 0 bridgehead atoms. The molecule has 1 aliphatic carbocycles. The Kier molecular flexibility index (Phi) is 4.26. The highest BCUT2D eigenvalue weighted by Crippen LogP contribution is 2.26. The number of nitrogens with zero attached hydrogens (tertiary/aromatic N) is 4. The smallest absolute Gasteiger partial charge is 0.263 e. The van der Waals surface area contributed by atoms with E-state index in [2.05, 4.69) is 25.3 Å². The Labute approximate surface area is 141 Å². The van der Waals surface area contributed by atoms with Crippen LogP contribution in [0.25, 0.3) is 11.0 Å². The lowest BCUT2D eigenvalue weighted by Crippen LogP contribution is -2.41. The molecule has 7 nitrogen and oxygen atoms in total. The van der Waals surface area contributed by atoms with Gasteiger partial charge in [0.2, 0.25) is 5.95 Å². The zero-order chi connectivity index (χ0) is 16.5. The molecule has 0 atom stereocenters. The molecule has 1 aliphatic heterocycles. The van der Waals surface area contributed by atoms with E-state index in [0.29, 0.717) is 23.0 Å². The number of aryl methyl sites for hydroxylation is 1. The highest BCUT2D eigenvalue weighted by Gasteiger charge is 2.23. The Bertz CT molecular complexity index is 752. The molecule has 0 aromatic carbocycles. The molecule has 1 saturated heterocycles. The minimum absolute atomic E-state index is 0.130. The standard InChI is InChI=1S/C17H26N6O/c1-22-15-14(10-18-22)16(24)21-17(20-15)19-13-6-8-23(9-7-13)11-12-4-2-3-5-12/h10,12-13H,2-9,11H2,1H3,(H2,19,20,21,24). The largest absolute Gasteiger partial charge is 0.353 e. The second-order valence-electron chi connectivity index (χ2n) is 7.29. The van der Waals surface area contributed by atoms with Crippen molar-refractivity contribution in [3.05, 3.63) is 16.6 Å². The van der Waals surface area contributed by atoms with Crippen LogP contribution >= 0.6 is 0 Å². The summed E-state index contributed by atoms with van der Waals surface area (Å²) >= 11 is 0. The molecule has 2 aromatic heterocycles. The highest BCUT2D eigenvalue weighted by atomic mass is 16.1. The predicted molar refractivity (Wildman–Crippen MR) is 94.2 cm³/mol. The van der Waals surface area contributed by atoms with Gasteiger partial charge in [0, 0.05) is 32.7 Å². The summed E-state index contributed by atoms with van der Waals surface area (Å²) in [5.74, 6) is 1.48. The van der Waals surface area contributed by atoms with Crippen LogP contribution in [-0.4, -0.2) is 50.3 Å². The van der Waals surface area contributed by atoms with Crippen molar-refractivity contribution in [2.24, 2.45) is 13.0 Å². The van der Waals surface area contributed by atoms with Gasteiger partial charge in [-0.3, -0.25) is 14.5 Å². The first-order chi connectivity index (χ1) is 11.7. The normalized spacial score (nSPS) is 20.9. The molecular formula is C17H26N6O. The highest BCUT2D eigenvalue weighted by molar-refractivity contribution is 5.74. The monoisotopic (exact) mass is 330 g/mol. The molecule has 0 radical (unpaired) electrons. The first-order valence-electron chi connectivity index (χ1n) is 9.10. The number of H-pyrrole nitrogens is 1. The number of fused-ring (bicyclic) bond motifs is 1. The molecule has 0 amide bonds. The number of nitrogens with one attached hydrogen (secondary N) is 2. The SMILES string of the molecule is Cn1ncc2c(=O)[nH]c(NC3CCN(CC4CCCC4)CC3)nc21. The van der Waals surface area contributed by atoms with E-state index in [1.807, 2.05) is 0 Å². The first-order valence-corrected chi connectivity index (χ1v) is 9.10. The topological polar surface area (TPSA) is 78.8 Å². The van der Waals surface area contributed by atoms with Crippen molar-refractivity contribution in [3.63, 3.8) is 0 Å². The number of hydrogen-bond donors (Lipinski definition) is 2. The van der Waals surface area contributed by atoms with E-state index < -0.39 is 0 Å². The Balaban J connectivity index is 1.36. The summed E-state index contributed by atoms with van der Waals surface area (Å²) in [4.78, 5) is 22.1. The van der Waals surface area contributed by atoms with Crippen molar-refractivity contribution in [3.8, 4) is 0 Å². The van der Waals surface area contributed by atoms with Gasteiger partial charge in [-0.05, 0) is 31.6 Å². The lowest BCUT2D eigenvalue weighted by atomic mass is 10.0. The molecule has 7 heteroatoms. The summed E-state index contributed by atoms with van der Waals surface area (Å²) in [5, 5.41) is 8.05. The number of aromatic nitrogens is 4. The molecule has 1 saturated carbocycles. The summed E-state index contributed by atoms with van der Waals surface area (Å²) in [5.41, 5.74) is 0.495. The van der Waals surface area contributed by atoms with Crippen molar-refractivity contribution in [2.45, 2.75) is 44.6 Å². The summed E-state index contributed by atoms with van der Waals surface area (Å²) in [6.45, 7) is 3.53. The van der Waals surface area contributed by atoms with E-state index >= 15 is 0 Å². The van der Waals surface area contributed by atoms with Gasteiger partial charge < -0.3 is 10.2 Å². The molecule has 130 valence electrons. The summed E-state index contributed by atoms with van der Waals surface area (Å²) < 4.78 is 1.64. The molecule has 0 spiro atoms. The third-order valence-corrected chi connectivity index (χ3v) is 5.52. The molecule has 24 heavy (non-hydrogen) atoms. The van der Waals surface area contributed by atoms with Crippen molar-refractivity contribution in [2.75, 3.05) is 25.0 Å². The predicted octanol–water partition coefficient (Wildman–Crippen LogP) is 1.72. The third kappa shape index (κ3) is 3.17. The van der Waals surface area contributed by atoms with Gasteiger partial charge >= 0.3 is 0 Å². The fourth-order valence-corrected chi connectivity index (χ4v) is 4.11. The van der Waals surface area contributed by atoms with Gasteiger partial charge in [0.15, 0.2) is 5.65 Å². The van der Waals surface area contributed by atoms with E-state index in [9.17, 15) is 4.79 Å². The quantitative estimate of drug-likeness (QED) is 0.892. The van der Waals surface area contributed by atoms with Crippen LogP contribution in [0.3, 0.4) is 0 Å². The molecule has 0 unspecified atom stereocenters. The summed E-state index contributed by atoms with van der Waals surface area (Å²) in [6, 6.07) is 0.374. The van der Waals surface area contributed by atoms with Gasteiger partial charge in [-0.25, -0.2) is 0 Å². The maximum absolute atomic E-state index is 12.1. The Morgan fingerprint density at radius 2 is 2.00 bits per heavy atom. The Morgan fingerprint density at radius 3 is 2.75 bits per heavy atom. The van der Waals surface area contributed by atoms with E-state index in [1.54, 1.807) is 17.9 Å². The zero-order valence-electron chi connectivity index (χ0n) is 14.3. The first kappa shape index (κ1) is 15.6. The summed E-state index contributed by atoms with van der Waals surface area (Å²) in [6.07, 6.45) is 9.41. The van der Waals surface area contributed by atoms with Crippen LogP contribution in [-0.2, 0) is 7.05 Å². The number of likely N-dealkylation sites (tertiary alicyclic amines) is 1. The van der Waals surface area contributed by atoms with Crippen molar-refractivity contribution in [1.82, 2.24) is 24.6 Å². The molecule has 4 rings (SSSR count). The lowest BCUT2D eigenvalue weighted by Gasteiger charge is -2.33. The second kappa shape index (κ2) is 6.55. The van der Waals surface area contributed by atoms with Gasteiger partial charge in [-0.1, -0.05) is 12.8 Å². The van der Waals surface area contributed by atoms with Crippen molar-refractivity contribution in [1.29, 1.82) is 0 Å². The van der Waals surface area contributed by atoms with Crippen LogP contribution in [0.5, 0.6) is 0 Å². The minimum Gasteiger partial charge on any atom is -0.353 e. The number of piperidine rings is 1. The van der Waals surface area contributed by atoms with Crippen LogP contribution in [0.15, 0.2) is 11.0 Å². The van der Waals surface area contributed by atoms with Crippen LogP contribution < -0.4 is 10.9 Å². The van der Waals surface area contributed by atoms with Gasteiger partial charge in [0.05, 0.1) is 6.20 Å². The molecule has 2 aromatic rings. The van der Waals surface area contributed by atoms with Crippen molar-refractivity contribution >= 4 is 17.0 Å². The fraction of sp³-hybridized carbons (Fsp3) is 0.706. The number of aromatic amines is 1. The van der Waals surface area contributed by atoms with E-state index in [-0.39, 0.29) is 5.56 Å². The average molecular weight is 330 g/mol. The zero-order valence-corrected chi connectivity index (χ0v) is 14.3. The third-order valence-electron chi connectivity index (χ3n) is 5.52. The maximum atomic E-state index is 12.1. The van der Waals surface area contributed by atoms with Crippen LogP contribution in [0.2, 0.25) is 0 Å². The van der Waals surface area contributed by atoms with E-state index in [0.717, 1.165) is 31.8 Å². The van der Waals surface area contributed by atoms with Crippen molar-refractivity contribution < 1.29 is 0 Å². The van der Waals surface area contributed by atoms with Gasteiger partial charge in [0.1, 0.15) is 5.39 Å². The lowest BCUT2D eigenvalue weighted by molar-refractivity contribution is 0.189. The Hall–Kier alpha value is -1.89. The number of anilines is 1. The van der Waals surface area contributed by atoms with Gasteiger partial charge in [0.25, 0.3) is 5.56 Å². The minimum atomic E-state index is -0.130. The molecular weight excluding hydrogens is 304 g/mol. The molecule has 2 fully saturated rings. The van der Waals surface area contributed by atoms with Crippen LogP contribution in [0.4, 0.5) is 5.95 Å². The fourth-order valence-electron chi connectivity index (χ4n) is 4.11. The average Bonchev–Trinajstić information content (AvgIpc) is 3.20. The molecule has 2 aliphatic rings. The van der Waals surface area contributed by atoms with Gasteiger partial charge in [-0.15, -0.1) is 0 Å². The summed E-state index contributed by atoms with van der Waals surface area (Å²) in [7, 11) is 1.81. The number of hydrogen-bond acceptors (Lipinski definition) is 5. The second-order valence-corrected chi connectivity index (χ2v) is 7.29. The molecule has 3 heterocycles. The molecule has 2 N–H and O–H groups in total. The van der Waals surface area contributed by atoms with E-state index in [1.165, 1.54) is 32.2 Å². The van der Waals surface area contributed by atoms with E-state index in [4.69, 9.17) is 0 Å². The Morgan fingerprint density at radius 1 is 1.25 bits per heavy atom. The van der Waals surface area contributed by atoms with Gasteiger partial charge in [-0.2, -0.15) is 10.1 Å². The number of rotatable bonds is 4. The van der Waals surface area contributed by atoms with Crippen LogP contribution in [0.1, 0.15) is 38.5 Å². The van der Waals surface area contributed by atoms with Crippen LogP contribution in [0, 0.1) is 5.92 Å².